The van der Waals surface area contributed by atoms with Crippen LogP contribution in [0.2, 0.25) is 5.02 Å². The van der Waals surface area contributed by atoms with Crippen LogP contribution in [0.1, 0.15) is 16.1 Å². The van der Waals surface area contributed by atoms with E-state index in [0.717, 1.165) is 23.0 Å². The minimum absolute atomic E-state index is 0.554. The molecule has 0 fully saturated rings. The molecule has 0 amide bonds. The van der Waals surface area contributed by atoms with Gasteiger partial charge in [-0.3, -0.25) is 4.79 Å². The Bertz CT molecular complexity index is 765. The van der Waals surface area contributed by atoms with E-state index in [1.54, 1.807) is 17.1 Å². The fourth-order valence-corrected chi connectivity index (χ4v) is 2.58. The average Bonchev–Trinajstić information content (AvgIpc) is 2.95. The van der Waals surface area contributed by atoms with E-state index in [0.29, 0.717) is 17.3 Å². The Hall–Kier alpha value is -2.39. The molecule has 3 nitrogen and oxygen atoms in total. The van der Waals surface area contributed by atoms with Crippen molar-refractivity contribution in [2.24, 2.45) is 0 Å². The molecule has 21 heavy (non-hydrogen) atoms. The summed E-state index contributed by atoms with van der Waals surface area (Å²) in [4.78, 5) is 14.9. The van der Waals surface area contributed by atoms with Crippen molar-refractivity contribution < 1.29 is 4.79 Å². The van der Waals surface area contributed by atoms with Crippen LogP contribution in [0, 0.1) is 0 Å². The third-order valence-corrected chi connectivity index (χ3v) is 3.65. The lowest BCUT2D eigenvalue weighted by molar-refractivity contribution is 0.111. The highest BCUT2D eigenvalue weighted by Crippen LogP contribution is 2.28. The Balaban J connectivity index is 1.90. The molecule has 104 valence electrons. The molecule has 0 unspecified atom stereocenters. The molecule has 0 radical (unpaired) electrons. The van der Waals surface area contributed by atoms with E-state index in [4.69, 9.17) is 11.6 Å². The number of aldehydes is 1. The molecule has 1 aromatic heterocycles. The Morgan fingerprint density at radius 2 is 1.95 bits per heavy atom. The molecule has 0 atom stereocenters. The number of hydrogen-bond acceptors (Lipinski definition) is 2. The summed E-state index contributed by atoms with van der Waals surface area (Å²) in [6.07, 6.45) is 3.99. The van der Waals surface area contributed by atoms with Crippen molar-refractivity contribution in [1.29, 1.82) is 0 Å². The third-order valence-electron chi connectivity index (χ3n) is 3.34. The maximum atomic E-state index is 10.9. The molecule has 0 spiro atoms. The first kappa shape index (κ1) is 13.6. The molecule has 3 aromatic rings. The minimum Gasteiger partial charge on any atom is -0.324 e. The first-order chi connectivity index (χ1) is 10.3. The van der Waals surface area contributed by atoms with Crippen molar-refractivity contribution in [2.75, 3.05) is 0 Å². The van der Waals surface area contributed by atoms with Gasteiger partial charge in [-0.15, -0.1) is 0 Å². The molecule has 0 saturated heterocycles. The molecule has 0 aliphatic rings. The number of carbonyl (C=O) groups excluding carboxylic acids is 1. The summed E-state index contributed by atoms with van der Waals surface area (Å²) in [5.74, 6) is 0. The number of nitrogens with zero attached hydrogens (tertiary/aromatic N) is 2. The molecular formula is C17H13ClN2O. The first-order valence-electron chi connectivity index (χ1n) is 6.57. The summed E-state index contributed by atoms with van der Waals surface area (Å²) in [5.41, 5.74) is 3.67. The zero-order chi connectivity index (χ0) is 14.7. The molecule has 2 aromatic carbocycles. The molecule has 0 N–H and O–H groups in total. The average molecular weight is 297 g/mol. The number of carbonyl (C=O) groups is 1. The van der Waals surface area contributed by atoms with Crippen LogP contribution >= 0.6 is 11.6 Å². The predicted molar refractivity (Wildman–Crippen MR) is 83.6 cm³/mol. The van der Waals surface area contributed by atoms with E-state index in [1.807, 2.05) is 48.5 Å². The Kier molecular flexibility index (Phi) is 3.84. The Morgan fingerprint density at radius 1 is 1.14 bits per heavy atom. The summed E-state index contributed by atoms with van der Waals surface area (Å²) in [6, 6.07) is 16.0. The van der Waals surface area contributed by atoms with Crippen LogP contribution in [0.4, 0.5) is 0 Å². The lowest BCUT2D eigenvalue weighted by Gasteiger charge is -2.09. The van der Waals surface area contributed by atoms with Gasteiger partial charge in [0.05, 0.1) is 12.5 Å². The van der Waals surface area contributed by atoms with Crippen LogP contribution in [0.5, 0.6) is 0 Å². The van der Waals surface area contributed by atoms with Gasteiger partial charge in [-0.25, -0.2) is 4.98 Å². The van der Waals surface area contributed by atoms with Crippen molar-refractivity contribution >= 4 is 17.9 Å². The summed E-state index contributed by atoms with van der Waals surface area (Å²) >= 11 is 6.38. The van der Waals surface area contributed by atoms with Crippen LogP contribution in [0.25, 0.3) is 11.1 Å². The van der Waals surface area contributed by atoms with E-state index in [2.05, 4.69) is 4.98 Å². The van der Waals surface area contributed by atoms with Gasteiger partial charge in [0, 0.05) is 17.1 Å². The van der Waals surface area contributed by atoms with E-state index in [9.17, 15) is 4.79 Å². The number of benzene rings is 2. The van der Waals surface area contributed by atoms with Crippen molar-refractivity contribution in [2.45, 2.75) is 6.54 Å². The second kappa shape index (κ2) is 5.94. The van der Waals surface area contributed by atoms with E-state index < -0.39 is 0 Å². The van der Waals surface area contributed by atoms with Crippen LogP contribution in [-0.2, 0) is 6.54 Å². The van der Waals surface area contributed by atoms with Crippen molar-refractivity contribution in [3.05, 3.63) is 77.3 Å². The zero-order valence-corrected chi connectivity index (χ0v) is 12.0. The maximum Gasteiger partial charge on any atom is 0.168 e. The number of aromatic nitrogens is 2. The van der Waals surface area contributed by atoms with Gasteiger partial charge in [-0.05, 0) is 17.2 Å². The topological polar surface area (TPSA) is 34.9 Å². The lowest BCUT2D eigenvalue weighted by atomic mass is 10.0. The fourth-order valence-electron chi connectivity index (χ4n) is 2.27. The van der Waals surface area contributed by atoms with Crippen molar-refractivity contribution in [3.63, 3.8) is 0 Å². The van der Waals surface area contributed by atoms with Gasteiger partial charge in [-0.2, -0.15) is 0 Å². The number of hydrogen-bond donors (Lipinski definition) is 0. The standard InChI is InChI=1S/C17H13ClN2O/c18-17-8-13(10-20-12-19-9-15(20)11-21)6-7-16(17)14-4-2-1-3-5-14/h1-9,11-12H,10H2. The summed E-state index contributed by atoms with van der Waals surface area (Å²) in [6.45, 7) is 0.572. The van der Waals surface area contributed by atoms with Gasteiger partial charge in [0.25, 0.3) is 0 Å². The highest BCUT2D eigenvalue weighted by Gasteiger charge is 2.06. The molecule has 3 rings (SSSR count). The minimum atomic E-state index is 0.554. The SMILES string of the molecule is O=Cc1cncn1Cc1ccc(-c2ccccc2)c(Cl)c1. The second-order valence-electron chi connectivity index (χ2n) is 4.74. The monoisotopic (exact) mass is 296 g/mol. The lowest BCUT2D eigenvalue weighted by Crippen LogP contribution is -2.02. The van der Waals surface area contributed by atoms with Crippen LogP contribution in [0.3, 0.4) is 0 Å². The third kappa shape index (κ3) is 2.88. The van der Waals surface area contributed by atoms with Gasteiger partial charge in [-0.1, -0.05) is 54.1 Å². The van der Waals surface area contributed by atoms with E-state index in [-0.39, 0.29) is 0 Å². The Morgan fingerprint density at radius 3 is 2.67 bits per heavy atom. The quantitative estimate of drug-likeness (QED) is 0.680. The number of halogens is 1. The molecule has 0 aliphatic heterocycles. The van der Waals surface area contributed by atoms with Gasteiger partial charge < -0.3 is 4.57 Å². The summed E-state index contributed by atoms with van der Waals surface area (Å²) in [7, 11) is 0. The molecule has 0 saturated carbocycles. The largest absolute Gasteiger partial charge is 0.324 e. The number of rotatable bonds is 4. The molecule has 0 bridgehead atoms. The zero-order valence-electron chi connectivity index (χ0n) is 11.2. The van der Waals surface area contributed by atoms with Gasteiger partial charge >= 0.3 is 0 Å². The molecule has 0 aliphatic carbocycles. The highest BCUT2D eigenvalue weighted by molar-refractivity contribution is 6.33. The van der Waals surface area contributed by atoms with Gasteiger partial charge in [0.1, 0.15) is 5.69 Å². The molecule has 1 heterocycles. The van der Waals surface area contributed by atoms with Crippen LogP contribution in [-0.4, -0.2) is 15.8 Å². The predicted octanol–water partition coefficient (Wildman–Crippen LogP) is 4.06. The number of imidazole rings is 1. The fraction of sp³-hybridized carbons (Fsp3) is 0.0588. The van der Waals surface area contributed by atoms with Gasteiger partial charge in [0.2, 0.25) is 0 Å². The van der Waals surface area contributed by atoms with E-state index in [1.165, 1.54) is 0 Å². The molecule has 4 heteroatoms. The highest BCUT2D eigenvalue weighted by atomic mass is 35.5. The summed E-state index contributed by atoms with van der Waals surface area (Å²) in [5, 5.41) is 0.700. The van der Waals surface area contributed by atoms with E-state index >= 15 is 0 Å². The first-order valence-corrected chi connectivity index (χ1v) is 6.95. The smallest absolute Gasteiger partial charge is 0.168 e. The Labute approximate surface area is 127 Å². The van der Waals surface area contributed by atoms with Crippen molar-refractivity contribution in [1.82, 2.24) is 9.55 Å². The normalized spacial score (nSPS) is 10.5. The van der Waals surface area contributed by atoms with Crippen LogP contribution in [0.15, 0.2) is 61.1 Å². The maximum absolute atomic E-state index is 10.9. The van der Waals surface area contributed by atoms with Crippen LogP contribution < -0.4 is 0 Å². The summed E-state index contributed by atoms with van der Waals surface area (Å²) < 4.78 is 1.79. The van der Waals surface area contributed by atoms with Crippen molar-refractivity contribution in [3.8, 4) is 11.1 Å². The molecular weight excluding hydrogens is 284 g/mol. The second-order valence-corrected chi connectivity index (χ2v) is 5.15. The van der Waals surface area contributed by atoms with Gasteiger partial charge in [0.15, 0.2) is 6.29 Å².